The summed E-state index contributed by atoms with van der Waals surface area (Å²) in [5.74, 6) is -0.0791. The lowest BCUT2D eigenvalue weighted by Crippen LogP contribution is -2.53. The third kappa shape index (κ3) is 3.53. The van der Waals surface area contributed by atoms with Gasteiger partial charge in [-0.3, -0.25) is 0 Å². The van der Waals surface area contributed by atoms with E-state index in [-0.39, 0.29) is 6.42 Å². The Morgan fingerprint density at radius 1 is 1.14 bits per heavy atom. The SMILES string of the molecule is COc1ccc(C(O)C[C@@H]2C(O)O[C@@H](C)[C@@H](O)[C@H]2O)cc1. The summed E-state index contributed by atoms with van der Waals surface area (Å²) in [5.41, 5.74) is 0.642. The molecule has 0 saturated carbocycles. The van der Waals surface area contributed by atoms with Crippen LogP contribution in [-0.4, -0.2) is 52.1 Å². The van der Waals surface area contributed by atoms with E-state index in [9.17, 15) is 20.4 Å². The minimum atomic E-state index is -1.22. The minimum absolute atomic E-state index is 0.0818. The van der Waals surface area contributed by atoms with E-state index in [0.29, 0.717) is 11.3 Å². The first-order valence-electron chi connectivity index (χ1n) is 6.95. The topological polar surface area (TPSA) is 99.4 Å². The van der Waals surface area contributed by atoms with Crippen LogP contribution in [0.1, 0.15) is 25.0 Å². The molecule has 1 heterocycles. The molecule has 1 fully saturated rings. The Labute approximate surface area is 123 Å². The van der Waals surface area contributed by atoms with Gasteiger partial charge in [-0.2, -0.15) is 0 Å². The summed E-state index contributed by atoms with van der Waals surface area (Å²) in [6.45, 7) is 1.58. The highest BCUT2D eigenvalue weighted by Crippen LogP contribution is 2.32. The summed E-state index contributed by atoms with van der Waals surface area (Å²) in [6, 6.07) is 6.87. The molecule has 0 spiro atoms. The standard InChI is InChI=1S/C15H22O6/c1-8-13(17)14(18)11(15(19)21-8)7-12(16)9-3-5-10(20-2)6-4-9/h3-6,8,11-19H,7H2,1-2H3/t8-,11-,12?,13+,14-,15?/m0/s1. The Morgan fingerprint density at radius 2 is 1.76 bits per heavy atom. The van der Waals surface area contributed by atoms with E-state index in [0.717, 1.165) is 0 Å². The van der Waals surface area contributed by atoms with Crippen LogP contribution >= 0.6 is 0 Å². The highest BCUT2D eigenvalue weighted by molar-refractivity contribution is 5.28. The van der Waals surface area contributed by atoms with Gasteiger partial charge in [0.1, 0.15) is 11.9 Å². The van der Waals surface area contributed by atoms with Crippen molar-refractivity contribution < 1.29 is 29.9 Å². The maximum Gasteiger partial charge on any atom is 0.160 e. The van der Waals surface area contributed by atoms with Crippen molar-refractivity contribution >= 4 is 0 Å². The maximum atomic E-state index is 10.2. The van der Waals surface area contributed by atoms with Crippen LogP contribution in [0.2, 0.25) is 0 Å². The van der Waals surface area contributed by atoms with Gasteiger partial charge in [-0.25, -0.2) is 0 Å². The van der Waals surface area contributed by atoms with E-state index in [4.69, 9.17) is 9.47 Å². The lowest BCUT2D eigenvalue weighted by Gasteiger charge is -2.40. The molecule has 1 saturated heterocycles. The number of hydrogen-bond donors (Lipinski definition) is 4. The number of benzene rings is 1. The molecule has 0 amide bonds. The van der Waals surface area contributed by atoms with Crippen molar-refractivity contribution in [2.24, 2.45) is 5.92 Å². The predicted molar refractivity (Wildman–Crippen MR) is 74.6 cm³/mol. The summed E-state index contributed by atoms with van der Waals surface area (Å²) in [4.78, 5) is 0. The monoisotopic (exact) mass is 298 g/mol. The second-order valence-electron chi connectivity index (χ2n) is 5.40. The lowest BCUT2D eigenvalue weighted by atomic mass is 9.85. The van der Waals surface area contributed by atoms with E-state index >= 15 is 0 Å². The Balaban J connectivity index is 2.05. The molecular weight excluding hydrogens is 276 g/mol. The number of aliphatic hydroxyl groups is 4. The highest BCUT2D eigenvalue weighted by Gasteiger charge is 2.42. The van der Waals surface area contributed by atoms with E-state index in [1.165, 1.54) is 0 Å². The average molecular weight is 298 g/mol. The molecule has 21 heavy (non-hydrogen) atoms. The predicted octanol–water partition coefficient (Wildman–Crippen LogP) is 0.194. The van der Waals surface area contributed by atoms with Gasteiger partial charge in [-0.1, -0.05) is 12.1 Å². The molecule has 1 aliphatic rings. The first-order valence-corrected chi connectivity index (χ1v) is 6.95. The Bertz CT molecular complexity index is 448. The van der Waals surface area contributed by atoms with Crippen LogP contribution in [0, 0.1) is 5.92 Å². The fourth-order valence-electron chi connectivity index (χ4n) is 2.58. The molecule has 4 N–H and O–H groups in total. The van der Waals surface area contributed by atoms with Gasteiger partial charge in [-0.05, 0) is 31.0 Å². The molecule has 118 valence electrons. The zero-order valence-electron chi connectivity index (χ0n) is 12.1. The van der Waals surface area contributed by atoms with Crippen molar-refractivity contribution in [2.45, 2.75) is 44.1 Å². The Hall–Kier alpha value is -1.18. The molecule has 2 rings (SSSR count). The van der Waals surface area contributed by atoms with Gasteiger partial charge in [0.15, 0.2) is 6.29 Å². The van der Waals surface area contributed by atoms with Crippen molar-refractivity contribution in [3.05, 3.63) is 29.8 Å². The zero-order valence-corrected chi connectivity index (χ0v) is 12.1. The van der Waals surface area contributed by atoms with E-state index in [2.05, 4.69) is 0 Å². The van der Waals surface area contributed by atoms with Crippen LogP contribution in [0.15, 0.2) is 24.3 Å². The van der Waals surface area contributed by atoms with Crippen molar-refractivity contribution in [2.75, 3.05) is 7.11 Å². The smallest absolute Gasteiger partial charge is 0.160 e. The van der Waals surface area contributed by atoms with Crippen molar-refractivity contribution in [1.29, 1.82) is 0 Å². The first-order chi connectivity index (χ1) is 9.93. The van der Waals surface area contributed by atoms with Crippen LogP contribution in [0.4, 0.5) is 0 Å². The number of rotatable bonds is 4. The fraction of sp³-hybridized carbons (Fsp3) is 0.600. The van der Waals surface area contributed by atoms with Crippen molar-refractivity contribution in [3.8, 4) is 5.75 Å². The second kappa shape index (κ2) is 6.72. The first kappa shape index (κ1) is 16.2. The minimum Gasteiger partial charge on any atom is -0.497 e. The third-order valence-corrected chi connectivity index (χ3v) is 3.99. The number of ether oxygens (including phenoxy) is 2. The second-order valence-corrected chi connectivity index (χ2v) is 5.40. The molecule has 2 unspecified atom stereocenters. The molecule has 1 aliphatic heterocycles. The quantitative estimate of drug-likeness (QED) is 0.633. The fourth-order valence-corrected chi connectivity index (χ4v) is 2.58. The average Bonchev–Trinajstić information content (AvgIpc) is 2.49. The van der Waals surface area contributed by atoms with Gasteiger partial charge in [0, 0.05) is 5.92 Å². The summed E-state index contributed by atoms with van der Waals surface area (Å²) in [5, 5.41) is 39.9. The molecule has 0 aliphatic carbocycles. The summed E-state index contributed by atoms with van der Waals surface area (Å²) in [6.07, 6.45) is -4.89. The van der Waals surface area contributed by atoms with Crippen molar-refractivity contribution in [3.63, 3.8) is 0 Å². The van der Waals surface area contributed by atoms with Gasteiger partial charge >= 0.3 is 0 Å². The summed E-state index contributed by atoms with van der Waals surface area (Å²) in [7, 11) is 1.56. The number of hydrogen-bond acceptors (Lipinski definition) is 6. The molecule has 6 heteroatoms. The largest absolute Gasteiger partial charge is 0.497 e. The third-order valence-electron chi connectivity index (χ3n) is 3.99. The highest BCUT2D eigenvalue weighted by atomic mass is 16.6. The van der Waals surface area contributed by atoms with Gasteiger partial charge in [0.2, 0.25) is 0 Å². The number of aliphatic hydroxyl groups excluding tert-OH is 4. The van der Waals surface area contributed by atoms with Gasteiger partial charge in [0.25, 0.3) is 0 Å². The van der Waals surface area contributed by atoms with Crippen LogP contribution < -0.4 is 4.74 Å². The Morgan fingerprint density at radius 3 is 2.33 bits per heavy atom. The van der Waals surface area contributed by atoms with E-state index in [1.807, 2.05) is 0 Å². The van der Waals surface area contributed by atoms with Crippen LogP contribution in [0.5, 0.6) is 5.75 Å². The van der Waals surface area contributed by atoms with E-state index in [1.54, 1.807) is 38.3 Å². The molecule has 0 bridgehead atoms. The molecule has 0 radical (unpaired) electrons. The lowest BCUT2D eigenvalue weighted by molar-refractivity contribution is -0.263. The summed E-state index contributed by atoms with van der Waals surface area (Å²) >= 11 is 0. The molecular formula is C15H22O6. The normalized spacial score (nSPS) is 34.5. The van der Waals surface area contributed by atoms with Gasteiger partial charge in [0.05, 0.1) is 25.4 Å². The van der Waals surface area contributed by atoms with Crippen LogP contribution in [0.3, 0.4) is 0 Å². The molecule has 1 aromatic carbocycles. The van der Waals surface area contributed by atoms with Gasteiger partial charge < -0.3 is 29.9 Å². The molecule has 1 aromatic rings. The molecule has 0 aromatic heterocycles. The van der Waals surface area contributed by atoms with Crippen LogP contribution in [-0.2, 0) is 4.74 Å². The molecule has 6 atom stereocenters. The zero-order chi connectivity index (χ0) is 15.6. The van der Waals surface area contributed by atoms with E-state index < -0.39 is 36.6 Å². The van der Waals surface area contributed by atoms with Crippen molar-refractivity contribution in [1.82, 2.24) is 0 Å². The summed E-state index contributed by atoms with van der Waals surface area (Å²) < 4.78 is 10.2. The van der Waals surface area contributed by atoms with Crippen LogP contribution in [0.25, 0.3) is 0 Å². The maximum absolute atomic E-state index is 10.2. The van der Waals surface area contributed by atoms with Gasteiger partial charge in [-0.15, -0.1) is 0 Å². The Kier molecular flexibility index (Phi) is 5.18. The number of methoxy groups -OCH3 is 1. The molecule has 6 nitrogen and oxygen atoms in total.